The lowest BCUT2D eigenvalue weighted by Crippen LogP contribution is -2.25. The molecule has 1 aliphatic rings. The summed E-state index contributed by atoms with van der Waals surface area (Å²) in [6.07, 6.45) is 0.986. The summed E-state index contributed by atoms with van der Waals surface area (Å²) in [6.45, 7) is 1.23. The summed E-state index contributed by atoms with van der Waals surface area (Å²) in [4.78, 5) is 22.1. The highest BCUT2D eigenvalue weighted by molar-refractivity contribution is 6.32. The Labute approximate surface area is 146 Å². The minimum atomic E-state index is -2.38. The molecule has 0 saturated heterocycles. The van der Waals surface area contributed by atoms with Crippen molar-refractivity contribution in [2.24, 2.45) is 5.10 Å². The van der Waals surface area contributed by atoms with Crippen LogP contribution >= 0.6 is 0 Å². The molecule has 0 unspecified atom stereocenters. The van der Waals surface area contributed by atoms with Gasteiger partial charge < -0.3 is 4.42 Å². The Bertz CT molecular complexity index is 1030. The second-order valence-electron chi connectivity index (χ2n) is 5.21. The van der Waals surface area contributed by atoms with Crippen molar-refractivity contribution in [3.63, 3.8) is 0 Å². The fourth-order valence-corrected chi connectivity index (χ4v) is 2.28. The number of halogens is 5. The average Bonchev–Trinajstić information content (AvgIpc) is 3.19. The molecule has 0 N–H and O–H groups in total. The number of nitrogens with zero attached hydrogens (tertiary/aromatic N) is 3. The molecule has 0 radical (unpaired) electrons. The molecule has 1 aromatic heterocycles. The topological polar surface area (TPSA) is 89.0 Å². The molecular weight excluding hydrogens is 381 g/mol. The van der Waals surface area contributed by atoms with E-state index in [-0.39, 0.29) is 22.1 Å². The smallest absolute Gasteiger partial charge is 0.401 e. The molecule has 2 aromatic rings. The Kier molecular flexibility index (Phi) is 4.25. The van der Waals surface area contributed by atoms with Crippen LogP contribution in [0, 0.1) is 39.2 Å². The number of rotatable bonds is 3. The van der Waals surface area contributed by atoms with E-state index in [1.807, 2.05) is 0 Å². The molecule has 1 amide bonds. The Morgan fingerprint density at radius 3 is 2.15 bits per heavy atom. The summed E-state index contributed by atoms with van der Waals surface area (Å²) in [5.74, 6) is -13.3. The normalized spacial score (nSPS) is 15.6. The zero-order valence-corrected chi connectivity index (χ0v) is 13.1. The maximum Gasteiger partial charge on any atom is 0.433 e. The number of carbonyl (C=O) groups is 1. The minimum absolute atomic E-state index is 0.0226. The molecule has 3 rings (SSSR count). The molecule has 12 heteroatoms. The van der Waals surface area contributed by atoms with Crippen molar-refractivity contribution in [1.82, 2.24) is 0 Å². The summed E-state index contributed by atoms with van der Waals surface area (Å²) < 4.78 is 72.5. The van der Waals surface area contributed by atoms with Crippen LogP contribution in [-0.4, -0.2) is 16.5 Å². The van der Waals surface area contributed by atoms with Gasteiger partial charge in [0.2, 0.25) is 5.82 Å². The third kappa shape index (κ3) is 2.84. The first-order valence-electron chi connectivity index (χ1n) is 7.00. The van der Waals surface area contributed by atoms with Gasteiger partial charge in [-0.25, -0.2) is 22.0 Å². The predicted molar refractivity (Wildman–Crippen MR) is 80.2 cm³/mol. The third-order valence-electron chi connectivity index (χ3n) is 3.54. The number of hydrogen-bond donors (Lipinski definition) is 0. The van der Waals surface area contributed by atoms with E-state index in [2.05, 4.69) is 5.10 Å². The number of nitro groups is 1. The number of furan rings is 1. The number of hydrazone groups is 1. The van der Waals surface area contributed by atoms with Gasteiger partial charge >= 0.3 is 5.88 Å². The molecule has 0 atom stereocenters. The highest BCUT2D eigenvalue weighted by Crippen LogP contribution is 2.34. The van der Waals surface area contributed by atoms with Gasteiger partial charge in [-0.1, -0.05) is 0 Å². The van der Waals surface area contributed by atoms with E-state index < -0.39 is 51.5 Å². The van der Waals surface area contributed by atoms with Crippen molar-refractivity contribution >= 4 is 29.3 Å². The molecule has 27 heavy (non-hydrogen) atoms. The van der Waals surface area contributed by atoms with Crippen LogP contribution in [0.3, 0.4) is 0 Å². The van der Waals surface area contributed by atoms with Gasteiger partial charge in [0.05, 0.1) is 17.4 Å². The minimum Gasteiger partial charge on any atom is -0.401 e. The molecule has 140 valence electrons. The van der Waals surface area contributed by atoms with Crippen LogP contribution in [0.4, 0.5) is 33.5 Å². The predicted octanol–water partition coefficient (Wildman–Crippen LogP) is 3.69. The number of anilines is 1. The van der Waals surface area contributed by atoms with Crippen molar-refractivity contribution in [1.29, 1.82) is 0 Å². The van der Waals surface area contributed by atoms with Crippen LogP contribution in [0.5, 0.6) is 0 Å². The van der Waals surface area contributed by atoms with Gasteiger partial charge in [-0.05, 0) is 19.1 Å². The second-order valence-corrected chi connectivity index (χ2v) is 5.21. The number of hydrogen-bond acceptors (Lipinski definition) is 5. The van der Waals surface area contributed by atoms with Crippen LogP contribution in [0.15, 0.2) is 27.2 Å². The van der Waals surface area contributed by atoms with Crippen molar-refractivity contribution in [3.8, 4) is 0 Å². The van der Waals surface area contributed by atoms with Crippen LogP contribution in [0.25, 0.3) is 6.08 Å². The lowest BCUT2D eigenvalue weighted by Gasteiger charge is -2.14. The van der Waals surface area contributed by atoms with Crippen molar-refractivity contribution in [2.75, 3.05) is 5.01 Å². The lowest BCUT2D eigenvalue weighted by molar-refractivity contribution is -0.402. The molecule has 1 aliphatic heterocycles. The van der Waals surface area contributed by atoms with Gasteiger partial charge in [0.1, 0.15) is 16.4 Å². The quantitative estimate of drug-likeness (QED) is 0.201. The highest BCUT2D eigenvalue weighted by Gasteiger charge is 2.37. The van der Waals surface area contributed by atoms with E-state index in [4.69, 9.17) is 4.42 Å². The van der Waals surface area contributed by atoms with Gasteiger partial charge in [0.15, 0.2) is 23.3 Å². The van der Waals surface area contributed by atoms with Crippen LogP contribution in [-0.2, 0) is 4.79 Å². The van der Waals surface area contributed by atoms with E-state index in [0.717, 1.165) is 18.2 Å². The largest absolute Gasteiger partial charge is 0.433 e. The average molecular weight is 387 g/mol. The first kappa shape index (κ1) is 18.2. The van der Waals surface area contributed by atoms with E-state index in [1.165, 1.54) is 6.92 Å². The standard InChI is InChI=1S/C15H6F5N3O4/c1-5-7(4-6-2-3-8(27-6)23(25)26)15(24)22(21-5)14-12(19)10(17)9(16)11(18)13(14)20/h2-4H,1H3/b7-4+. The molecule has 0 saturated carbocycles. The Morgan fingerprint density at radius 1 is 1.07 bits per heavy atom. The zero-order valence-electron chi connectivity index (χ0n) is 13.1. The number of amides is 1. The Balaban J connectivity index is 2.06. The first-order valence-corrected chi connectivity index (χ1v) is 7.00. The number of benzene rings is 1. The third-order valence-corrected chi connectivity index (χ3v) is 3.54. The van der Waals surface area contributed by atoms with Gasteiger partial charge in [-0.3, -0.25) is 14.9 Å². The van der Waals surface area contributed by atoms with Crippen molar-refractivity contribution in [2.45, 2.75) is 6.92 Å². The Morgan fingerprint density at radius 2 is 1.63 bits per heavy atom. The van der Waals surface area contributed by atoms with Crippen LogP contribution in [0.1, 0.15) is 12.7 Å². The zero-order chi connectivity index (χ0) is 20.0. The van der Waals surface area contributed by atoms with E-state index in [9.17, 15) is 36.9 Å². The monoisotopic (exact) mass is 387 g/mol. The maximum absolute atomic E-state index is 13.9. The summed E-state index contributed by atoms with van der Waals surface area (Å²) in [5.41, 5.74) is -1.99. The van der Waals surface area contributed by atoms with Gasteiger partial charge in [0.25, 0.3) is 5.91 Å². The molecule has 7 nitrogen and oxygen atoms in total. The molecule has 0 spiro atoms. The molecular formula is C15H6F5N3O4. The molecule has 0 fully saturated rings. The molecule has 0 bridgehead atoms. The van der Waals surface area contributed by atoms with Gasteiger partial charge in [-0.15, -0.1) is 0 Å². The number of carbonyl (C=O) groups excluding carboxylic acids is 1. The summed E-state index contributed by atoms with van der Waals surface area (Å²) >= 11 is 0. The van der Waals surface area contributed by atoms with Gasteiger partial charge in [0, 0.05) is 0 Å². The van der Waals surface area contributed by atoms with Crippen LogP contribution < -0.4 is 5.01 Å². The first-order chi connectivity index (χ1) is 12.6. The van der Waals surface area contributed by atoms with Gasteiger partial charge in [-0.2, -0.15) is 10.1 Å². The maximum atomic E-state index is 13.9. The Hall–Kier alpha value is -3.57. The molecule has 1 aromatic carbocycles. The summed E-state index contributed by atoms with van der Waals surface area (Å²) in [5, 5.41) is 14.1. The molecule has 2 heterocycles. The van der Waals surface area contributed by atoms with E-state index in [0.29, 0.717) is 0 Å². The van der Waals surface area contributed by atoms with Crippen molar-refractivity contribution in [3.05, 3.63) is 62.7 Å². The lowest BCUT2D eigenvalue weighted by atomic mass is 10.1. The summed E-state index contributed by atoms with van der Waals surface area (Å²) in [6, 6.07) is 2.15. The SMILES string of the molecule is CC1=NN(c2c(F)c(F)c(F)c(F)c2F)C(=O)/C1=C/c1ccc([N+](=O)[O-])o1. The van der Waals surface area contributed by atoms with E-state index >= 15 is 0 Å². The second kappa shape index (κ2) is 6.30. The van der Waals surface area contributed by atoms with E-state index in [1.54, 1.807) is 0 Å². The highest BCUT2D eigenvalue weighted by atomic mass is 19.2. The van der Waals surface area contributed by atoms with Crippen LogP contribution in [0.2, 0.25) is 0 Å². The van der Waals surface area contributed by atoms with Crippen molar-refractivity contribution < 1.29 is 36.1 Å². The fraction of sp³-hybridized carbons (Fsp3) is 0.0667. The molecule has 0 aliphatic carbocycles. The fourth-order valence-electron chi connectivity index (χ4n) is 2.28. The summed E-state index contributed by atoms with van der Waals surface area (Å²) in [7, 11) is 0.